The Labute approximate surface area is 109 Å². The minimum Gasteiger partial charge on any atom is -0.309 e. The lowest BCUT2D eigenvalue weighted by Crippen LogP contribution is -2.23. The molecule has 1 atom stereocenters. The van der Waals surface area contributed by atoms with Gasteiger partial charge in [0.2, 0.25) is 5.91 Å². The van der Waals surface area contributed by atoms with Crippen LogP contribution in [0.15, 0.2) is 24.3 Å². The molecule has 1 unspecified atom stereocenters. The summed E-state index contributed by atoms with van der Waals surface area (Å²) in [5.41, 5.74) is 2.97. The molecule has 1 aliphatic heterocycles. The lowest BCUT2D eigenvalue weighted by atomic mass is 9.86. The summed E-state index contributed by atoms with van der Waals surface area (Å²) < 4.78 is 0. The van der Waals surface area contributed by atoms with Crippen molar-refractivity contribution in [3.63, 3.8) is 0 Å². The number of hydrogen-bond acceptors (Lipinski definition) is 2. The SMILES string of the molecule is Cc1[nH]nc2c1C(c1ccccc1Cl)CC(=O)N2. The Morgan fingerprint density at radius 3 is 2.94 bits per heavy atom. The van der Waals surface area contributed by atoms with Crippen LogP contribution in [0.3, 0.4) is 0 Å². The van der Waals surface area contributed by atoms with Crippen LogP contribution in [0.1, 0.15) is 29.2 Å². The Kier molecular flexibility index (Phi) is 2.59. The Balaban J connectivity index is 2.16. The normalized spacial score (nSPS) is 18.3. The number of nitrogens with one attached hydrogen (secondary N) is 2. The predicted octanol–water partition coefficient (Wildman–Crippen LogP) is 2.85. The first-order valence-corrected chi connectivity index (χ1v) is 6.13. The van der Waals surface area contributed by atoms with Crippen molar-refractivity contribution in [1.29, 1.82) is 0 Å². The number of aryl methyl sites for hydroxylation is 1. The van der Waals surface area contributed by atoms with Crippen molar-refractivity contribution in [1.82, 2.24) is 10.2 Å². The second-order valence-electron chi connectivity index (χ2n) is 4.44. The molecule has 0 spiro atoms. The predicted molar refractivity (Wildman–Crippen MR) is 69.9 cm³/mol. The first-order chi connectivity index (χ1) is 8.66. The van der Waals surface area contributed by atoms with Crippen LogP contribution in [0.25, 0.3) is 0 Å². The molecule has 18 heavy (non-hydrogen) atoms. The van der Waals surface area contributed by atoms with Gasteiger partial charge in [-0.05, 0) is 18.6 Å². The van der Waals surface area contributed by atoms with E-state index in [2.05, 4.69) is 15.5 Å². The maximum atomic E-state index is 11.7. The fraction of sp³-hybridized carbons (Fsp3) is 0.231. The van der Waals surface area contributed by atoms with Gasteiger partial charge in [0.25, 0.3) is 0 Å². The molecule has 5 heteroatoms. The molecule has 0 bridgehead atoms. The lowest BCUT2D eigenvalue weighted by molar-refractivity contribution is -0.116. The van der Waals surface area contributed by atoms with Crippen molar-refractivity contribution < 1.29 is 4.79 Å². The number of carbonyl (C=O) groups is 1. The summed E-state index contributed by atoms with van der Waals surface area (Å²) in [7, 11) is 0. The molecule has 0 fully saturated rings. The highest BCUT2D eigenvalue weighted by molar-refractivity contribution is 6.31. The number of carbonyl (C=O) groups excluding carboxylic acids is 1. The lowest BCUT2D eigenvalue weighted by Gasteiger charge is -2.23. The highest BCUT2D eigenvalue weighted by Crippen LogP contribution is 2.40. The van der Waals surface area contributed by atoms with Gasteiger partial charge in [0.1, 0.15) is 0 Å². The first kappa shape index (κ1) is 11.3. The fourth-order valence-corrected chi connectivity index (χ4v) is 2.72. The van der Waals surface area contributed by atoms with E-state index in [-0.39, 0.29) is 11.8 Å². The van der Waals surface area contributed by atoms with E-state index in [0.29, 0.717) is 17.3 Å². The molecule has 2 N–H and O–H groups in total. The van der Waals surface area contributed by atoms with Gasteiger partial charge in [-0.25, -0.2) is 0 Å². The third-order valence-corrected chi connectivity index (χ3v) is 3.62. The molecule has 1 aromatic heterocycles. The quantitative estimate of drug-likeness (QED) is 0.829. The third kappa shape index (κ3) is 1.69. The number of benzene rings is 1. The van der Waals surface area contributed by atoms with Crippen LogP contribution in [0.2, 0.25) is 5.02 Å². The van der Waals surface area contributed by atoms with Gasteiger partial charge in [-0.2, -0.15) is 5.10 Å². The van der Waals surface area contributed by atoms with Crippen molar-refractivity contribution >= 4 is 23.3 Å². The molecule has 2 heterocycles. The molecule has 1 aromatic carbocycles. The molecule has 4 nitrogen and oxygen atoms in total. The molecule has 3 rings (SSSR count). The van der Waals surface area contributed by atoms with Crippen LogP contribution in [0.5, 0.6) is 0 Å². The van der Waals surface area contributed by atoms with Crippen molar-refractivity contribution in [3.05, 3.63) is 46.1 Å². The van der Waals surface area contributed by atoms with E-state index in [1.54, 1.807) is 0 Å². The van der Waals surface area contributed by atoms with Crippen molar-refractivity contribution in [3.8, 4) is 0 Å². The second-order valence-corrected chi connectivity index (χ2v) is 4.84. The summed E-state index contributed by atoms with van der Waals surface area (Å²) in [4.78, 5) is 11.7. The summed E-state index contributed by atoms with van der Waals surface area (Å²) in [6.07, 6.45) is 0.400. The number of amides is 1. The molecular weight excluding hydrogens is 250 g/mol. The topological polar surface area (TPSA) is 57.8 Å². The zero-order valence-electron chi connectivity index (χ0n) is 9.83. The minimum absolute atomic E-state index is 0.0267. The van der Waals surface area contributed by atoms with Crippen molar-refractivity contribution in [2.75, 3.05) is 5.32 Å². The van der Waals surface area contributed by atoms with Crippen molar-refractivity contribution in [2.24, 2.45) is 0 Å². The number of H-pyrrole nitrogens is 1. The number of aromatic nitrogens is 2. The van der Waals surface area contributed by atoms with E-state index in [0.717, 1.165) is 16.8 Å². The fourth-order valence-electron chi connectivity index (χ4n) is 2.45. The smallest absolute Gasteiger partial charge is 0.226 e. The first-order valence-electron chi connectivity index (χ1n) is 5.76. The average Bonchev–Trinajstić information content (AvgIpc) is 2.71. The minimum atomic E-state index is -0.0288. The number of hydrogen-bond donors (Lipinski definition) is 2. The van der Waals surface area contributed by atoms with Gasteiger partial charge in [-0.15, -0.1) is 0 Å². The maximum absolute atomic E-state index is 11.7. The molecule has 2 aromatic rings. The van der Waals surface area contributed by atoms with Crippen LogP contribution in [-0.2, 0) is 4.79 Å². The molecule has 92 valence electrons. The molecule has 0 saturated heterocycles. The van der Waals surface area contributed by atoms with Gasteiger partial charge in [-0.3, -0.25) is 9.89 Å². The van der Waals surface area contributed by atoms with Gasteiger partial charge in [0, 0.05) is 28.6 Å². The molecule has 0 radical (unpaired) electrons. The molecule has 1 aliphatic rings. The zero-order chi connectivity index (χ0) is 12.7. The standard InChI is InChI=1S/C13H12ClN3O/c1-7-12-9(8-4-2-3-5-10(8)14)6-11(18)15-13(12)17-16-7/h2-5,9H,6H2,1H3,(H2,15,16,17,18). The number of halogens is 1. The van der Waals surface area contributed by atoms with E-state index in [1.807, 2.05) is 31.2 Å². The van der Waals surface area contributed by atoms with Gasteiger partial charge < -0.3 is 5.32 Å². The third-order valence-electron chi connectivity index (χ3n) is 3.27. The zero-order valence-corrected chi connectivity index (χ0v) is 10.6. The monoisotopic (exact) mass is 261 g/mol. The van der Waals surface area contributed by atoms with Gasteiger partial charge in [0.15, 0.2) is 5.82 Å². The van der Waals surface area contributed by atoms with Gasteiger partial charge >= 0.3 is 0 Å². The molecule has 1 amide bonds. The highest BCUT2D eigenvalue weighted by atomic mass is 35.5. The van der Waals surface area contributed by atoms with Crippen molar-refractivity contribution in [2.45, 2.75) is 19.3 Å². The van der Waals surface area contributed by atoms with Crippen LogP contribution in [-0.4, -0.2) is 16.1 Å². The average molecular weight is 262 g/mol. The number of aromatic amines is 1. The summed E-state index contributed by atoms with van der Waals surface area (Å²) in [6.45, 7) is 1.95. The van der Waals surface area contributed by atoms with Crippen LogP contribution < -0.4 is 5.32 Å². The number of rotatable bonds is 1. The van der Waals surface area contributed by atoms with Gasteiger partial charge in [0.05, 0.1) is 0 Å². The Morgan fingerprint density at radius 1 is 1.39 bits per heavy atom. The molecule has 0 aliphatic carbocycles. The number of anilines is 1. The Morgan fingerprint density at radius 2 is 2.17 bits per heavy atom. The van der Waals surface area contributed by atoms with E-state index in [9.17, 15) is 4.79 Å². The summed E-state index contributed by atoms with van der Waals surface area (Å²) in [5.74, 6) is 0.564. The summed E-state index contributed by atoms with van der Waals surface area (Å²) in [6, 6.07) is 7.63. The van der Waals surface area contributed by atoms with E-state index < -0.39 is 0 Å². The van der Waals surface area contributed by atoms with E-state index >= 15 is 0 Å². The Bertz CT molecular complexity index is 620. The van der Waals surface area contributed by atoms with Gasteiger partial charge in [-0.1, -0.05) is 29.8 Å². The van der Waals surface area contributed by atoms with Crippen LogP contribution >= 0.6 is 11.6 Å². The molecule has 0 saturated carbocycles. The second kappa shape index (κ2) is 4.14. The van der Waals surface area contributed by atoms with Crippen LogP contribution in [0.4, 0.5) is 5.82 Å². The van der Waals surface area contributed by atoms with E-state index in [1.165, 1.54) is 0 Å². The number of fused-ring (bicyclic) bond motifs is 1. The summed E-state index contributed by atoms with van der Waals surface area (Å²) >= 11 is 6.23. The Hall–Kier alpha value is -1.81. The van der Waals surface area contributed by atoms with E-state index in [4.69, 9.17) is 11.6 Å². The summed E-state index contributed by atoms with van der Waals surface area (Å²) in [5, 5.41) is 10.5. The van der Waals surface area contributed by atoms with Crippen LogP contribution in [0, 0.1) is 6.92 Å². The highest BCUT2D eigenvalue weighted by Gasteiger charge is 2.31. The maximum Gasteiger partial charge on any atom is 0.226 e. The number of nitrogens with zero attached hydrogens (tertiary/aromatic N) is 1. The largest absolute Gasteiger partial charge is 0.309 e. The molecular formula is C13H12ClN3O.